The molecule has 5 nitrogen and oxygen atoms in total. The molecule has 1 aliphatic heterocycles. The monoisotopic (exact) mass is 307 g/mol. The Kier molecular flexibility index (Phi) is 4.86. The van der Waals surface area contributed by atoms with E-state index in [4.69, 9.17) is 18.9 Å². The summed E-state index contributed by atoms with van der Waals surface area (Å²) in [5, 5.41) is 0. The lowest BCUT2D eigenvalue weighted by Gasteiger charge is -2.39. The van der Waals surface area contributed by atoms with Gasteiger partial charge in [-0.2, -0.15) is 0 Å². The summed E-state index contributed by atoms with van der Waals surface area (Å²) in [6.07, 6.45) is 2.63. The fourth-order valence-corrected chi connectivity index (χ4v) is 3.63. The summed E-state index contributed by atoms with van der Waals surface area (Å²) in [5.41, 5.74) is 1.21. The molecule has 5 heteroatoms. The molecule has 0 N–H and O–H groups in total. The predicted molar refractivity (Wildman–Crippen MR) is 83.5 cm³/mol. The van der Waals surface area contributed by atoms with Gasteiger partial charge in [0.1, 0.15) is 11.5 Å². The lowest BCUT2D eigenvalue weighted by molar-refractivity contribution is -0.106. The summed E-state index contributed by atoms with van der Waals surface area (Å²) in [4.78, 5) is 2.50. The number of rotatable bonds is 5. The van der Waals surface area contributed by atoms with Crippen LogP contribution in [-0.4, -0.2) is 57.6 Å². The highest BCUT2D eigenvalue weighted by atomic mass is 16.5. The first-order valence-electron chi connectivity index (χ1n) is 7.85. The van der Waals surface area contributed by atoms with Crippen LogP contribution < -0.4 is 9.47 Å². The summed E-state index contributed by atoms with van der Waals surface area (Å²) in [7, 11) is 5.15. The second-order valence-electron chi connectivity index (χ2n) is 5.95. The van der Waals surface area contributed by atoms with Crippen molar-refractivity contribution in [1.82, 2.24) is 4.90 Å². The third kappa shape index (κ3) is 3.07. The van der Waals surface area contributed by atoms with E-state index in [-0.39, 0.29) is 12.2 Å². The van der Waals surface area contributed by atoms with Gasteiger partial charge in [0.05, 0.1) is 33.0 Å². The van der Waals surface area contributed by atoms with Crippen molar-refractivity contribution in [3.63, 3.8) is 0 Å². The Labute approximate surface area is 132 Å². The van der Waals surface area contributed by atoms with Crippen LogP contribution in [0.25, 0.3) is 0 Å². The van der Waals surface area contributed by atoms with Gasteiger partial charge in [0.25, 0.3) is 0 Å². The number of hydrogen-bond acceptors (Lipinski definition) is 5. The maximum atomic E-state index is 5.95. The average molecular weight is 307 g/mol. The zero-order chi connectivity index (χ0) is 15.5. The maximum absolute atomic E-state index is 5.95. The van der Waals surface area contributed by atoms with Crippen LogP contribution >= 0.6 is 0 Å². The second kappa shape index (κ2) is 6.86. The molecule has 2 aliphatic rings. The number of methoxy groups -OCH3 is 3. The van der Waals surface area contributed by atoms with Crippen molar-refractivity contribution in [2.75, 3.05) is 34.5 Å². The molecule has 1 saturated heterocycles. The van der Waals surface area contributed by atoms with Crippen LogP contribution in [0, 0.1) is 0 Å². The second-order valence-corrected chi connectivity index (χ2v) is 5.95. The standard InChI is InChI=1S/C17H25NO4/c1-19-13-8-12(9-14(10-13)20-2)11-18-6-7-22-17-15(18)4-5-16(17)21-3/h8-10,15-17H,4-7,11H2,1-3H3/t15-,16-,17+/m1/s1. The first-order valence-corrected chi connectivity index (χ1v) is 7.85. The molecular weight excluding hydrogens is 282 g/mol. The fourth-order valence-electron chi connectivity index (χ4n) is 3.63. The van der Waals surface area contributed by atoms with Gasteiger partial charge in [-0.1, -0.05) is 0 Å². The Hall–Kier alpha value is -1.30. The van der Waals surface area contributed by atoms with Crippen molar-refractivity contribution < 1.29 is 18.9 Å². The van der Waals surface area contributed by atoms with Gasteiger partial charge in [0.2, 0.25) is 0 Å². The number of ether oxygens (including phenoxy) is 4. The minimum Gasteiger partial charge on any atom is -0.497 e. The third-order valence-electron chi connectivity index (χ3n) is 4.75. The first-order chi connectivity index (χ1) is 10.7. The summed E-state index contributed by atoms with van der Waals surface area (Å²) in [6, 6.07) is 6.50. The number of nitrogens with zero attached hydrogens (tertiary/aromatic N) is 1. The Balaban J connectivity index is 1.75. The highest BCUT2D eigenvalue weighted by molar-refractivity contribution is 5.38. The molecule has 1 heterocycles. The van der Waals surface area contributed by atoms with Crippen LogP contribution in [0.4, 0.5) is 0 Å². The topological polar surface area (TPSA) is 40.2 Å². The average Bonchev–Trinajstić information content (AvgIpc) is 2.98. The number of fused-ring (bicyclic) bond motifs is 1. The summed E-state index contributed by atoms with van der Waals surface area (Å²) in [5.74, 6) is 1.67. The van der Waals surface area contributed by atoms with E-state index in [1.54, 1.807) is 21.3 Å². The smallest absolute Gasteiger partial charge is 0.122 e. The molecule has 2 fully saturated rings. The summed E-state index contributed by atoms with van der Waals surface area (Å²) in [6.45, 7) is 2.60. The van der Waals surface area contributed by atoms with E-state index < -0.39 is 0 Å². The van der Waals surface area contributed by atoms with Crippen LogP contribution in [0.1, 0.15) is 18.4 Å². The third-order valence-corrected chi connectivity index (χ3v) is 4.75. The highest BCUT2D eigenvalue weighted by Crippen LogP contribution is 2.33. The summed E-state index contributed by atoms with van der Waals surface area (Å²) < 4.78 is 22.2. The molecule has 22 heavy (non-hydrogen) atoms. The molecule has 1 aliphatic carbocycles. The van der Waals surface area contributed by atoms with E-state index in [1.165, 1.54) is 5.56 Å². The molecule has 0 radical (unpaired) electrons. The largest absolute Gasteiger partial charge is 0.497 e. The zero-order valence-corrected chi connectivity index (χ0v) is 13.6. The minimum atomic E-state index is 0.200. The van der Waals surface area contributed by atoms with E-state index >= 15 is 0 Å². The van der Waals surface area contributed by atoms with E-state index in [0.717, 1.165) is 44.0 Å². The van der Waals surface area contributed by atoms with Crippen molar-refractivity contribution in [2.45, 2.75) is 37.6 Å². The molecule has 0 bridgehead atoms. The van der Waals surface area contributed by atoms with E-state index in [0.29, 0.717) is 6.04 Å². The molecule has 1 aromatic carbocycles. The van der Waals surface area contributed by atoms with Gasteiger partial charge in [0.15, 0.2) is 0 Å². The molecule has 0 aromatic heterocycles. The van der Waals surface area contributed by atoms with Gasteiger partial charge in [-0.3, -0.25) is 4.90 Å². The molecule has 0 spiro atoms. The Morgan fingerprint density at radius 2 is 1.82 bits per heavy atom. The Morgan fingerprint density at radius 1 is 1.09 bits per heavy atom. The normalized spacial score (nSPS) is 28.4. The molecule has 1 aromatic rings. The van der Waals surface area contributed by atoms with Gasteiger partial charge in [-0.05, 0) is 30.5 Å². The number of hydrogen-bond donors (Lipinski definition) is 0. The minimum absolute atomic E-state index is 0.200. The van der Waals surface area contributed by atoms with Crippen molar-refractivity contribution in [1.29, 1.82) is 0 Å². The molecule has 3 rings (SSSR count). The van der Waals surface area contributed by atoms with Crippen molar-refractivity contribution in [3.05, 3.63) is 23.8 Å². The van der Waals surface area contributed by atoms with E-state index in [9.17, 15) is 0 Å². The van der Waals surface area contributed by atoms with Crippen LogP contribution in [0.5, 0.6) is 11.5 Å². The number of benzene rings is 1. The van der Waals surface area contributed by atoms with Crippen molar-refractivity contribution >= 4 is 0 Å². The molecule has 0 unspecified atom stereocenters. The van der Waals surface area contributed by atoms with Gasteiger partial charge in [0, 0.05) is 32.3 Å². The number of morpholine rings is 1. The lowest BCUT2D eigenvalue weighted by atomic mass is 10.1. The maximum Gasteiger partial charge on any atom is 0.122 e. The van der Waals surface area contributed by atoms with Gasteiger partial charge < -0.3 is 18.9 Å². The zero-order valence-electron chi connectivity index (χ0n) is 13.6. The predicted octanol–water partition coefficient (Wildman–Crippen LogP) is 2.08. The summed E-state index contributed by atoms with van der Waals surface area (Å²) >= 11 is 0. The molecule has 3 atom stereocenters. The van der Waals surface area contributed by atoms with Crippen LogP contribution in [0.15, 0.2) is 18.2 Å². The van der Waals surface area contributed by atoms with Gasteiger partial charge in [-0.15, -0.1) is 0 Å². The SMILES string of the molecule is COc1cc(CN2CCO[C@H]3[C@H]2CC[C@H]3OC)cc(OC)c1. The fraction of sp³-hybridized carbons (Fsp3) is 0.647. The van der Waals surface area contributed by atoms with E-state index in [2.05, 4.69) is 17.0 Å². The molecular formula is C17H25NO4. The van der Waals surface area contributed by atoms with Crippen LogP contribution in [0.3, 0.4) is 0 Å². The van der Waals surface area contributed by atoms with Gasteiger partial charge >= 0.3 is 0 Å². The first kappa shape index (κ1) is 15.6. The Bertz CT molecular complexity index is 485. The molecule has 0 amide bonds. The van der Waals surface area contributed by atoms with Crippen LogP contribution in [0.2, 0.25) is 0 Å². The van der Waals surface area contributed by atoms with Crippen molar-refractivity contribution in [3.8, 4) is 11.5 Å². The van der Waals surface area contributed by atoms with Crippen LogP contribution in [-0.2, 0) is 16.0 Å². The quantitative estimate of drug-likeness (QED) is 0.833. The Morgan fingerprint density at radius 3 is 2.45 bits per heavy atom. The highest BCUT2D eigenvalue weighted by Gasteiger charge is 2.42. The van der Waals surface area contributed by atoms with E-state index in [1.807, 2.05) is 6.07 Å². The molecule has 1 saturated carbocycles. The molecule has 122 valence electrons. The lowest BCUT2D eigenvalue weighted by Crippen LogP contribution is -2.51. The van der Waals surface area contributed by atoms with Crippen molar-refractivity contribution in [2.24, 2.45) is 0 Å². The van der Waals surface area contributed by atoms with Gasteiger partial charge in [-0.25, -0.2) is 0 Å².